The van der Waals surface area contributed by atoms with Gasteiger partial charge in [0, 0.05) is 5.56 Å². The van der Waals surface area contributed by atoms with Crippen molar-refractivity contribution in [3.8, 4) is 11.5 Å². The maximum atomic E-state index is 8.63. The first-order valence-corrected chi connectivity index (χ1v) is 7.63. The summed E-state index contributed by atoms with van der Waals surface area (Å²) in [6.45, 7) is 7.41. The van der Waals surface area contributed by atoms with Gasteiger partial charge in [0.15, 0.2) is 0 Å². The summed E-state index contributed by atoms with van der Waals surface area (Å²) in [6, 6.07) is 15.5. The minimum atomic E-state index is 0.139. The van der Waals surface area contributed by atoms with Gasteiger partial charge in [-0.15, -0.1) is 0 Å². The molecule has 0 bridgehead atoms. The maximum absolute atomic E-state index is 8.63. The molecular formula is C19H23NO3. The van der Waals surface area contributed by atoms with Crippen molar-refractivity contribution < 1.29 is 14.7 Å². The van der Waals surface area contributed by atoms with E-state index in [1.165, 1.54) is 11.8 Å². The Kier molecular flexibility index (Phi) is 5.63. The van der Waals surface area contributed by atoms with Crippen LogP contribution < -0.4 is 9.47 Å². The Hall–Kier alpha value is -2.49. The minimum Gasteiger partial charge on any atom is -0.490 e. The van der Waals surface area contributed by atoms with Crippen molar-refractivity contribution in [2.24, 2.45) is 5.16 Å². The molecule has 2 aromatic carbocycles. The van der Waals surface area contributed by atoms with Gasteiger partial charge in [-0.25, -0.2) is 0 Å². The first kappa shape index (κ1) is 16.9. The summed E-state index contributed by atoms with van der Waals surface area (Å²) < 4.78 is 11.3. The van der Waals surface area contributed by atoms with E-state index in [9.17, 15) is 0 Å². The third kappa shape index (κ3) is 5.02. The number of hydrogen-bond acceptors (Lipinski definition) is 4. The smallest absolute Gasteiger partial charge is 0.128 e. The van der Waals surface area contributed by atoms with Crippen LogP contribution in [0.1, 0.15) is 31.9 Å². The van der Waals surface area contributed by atoms with Crippen molar-refractivity contribution in [1.82, 2.24) is 0 Å². The quantitative estimate of drug-likeness (QED) is 0.375. The number of hydrogen-bond donors (Lipinski definition) is 1. The van der Waals surface area contributed by atoms with Gasteiger partial charge in [-0.3, -0.25) is 0 Å². The molecule has 0 spiro atoms. The molecule has 1 N–H and O–H groups in total. The molecule has 0 atom stereocenters. The van der Waals surface area contributed by atoms with Crippen LogP contribution in [0.3, 0.4) is 0 Å². The first-order chi connectivity index (χ1) is 11.0. The Morgan fingerprint density at radius 2 is 1.61 bits per heavy atom. The van der Waals surface area contributed by atoms with Gasteiger partial charge in [0.05, 0.1) is 6.21 Å². The standard InChI is InChI=1S/C19H23NO3/c1-19(2,3)16-8-10-17(11-9-16)22-12-13-23-18-7-5-4-6-15(18)14-20-21/h4-11,14,21H,12-13H2,1-3H3. The Balaban J connectivity index is 1.84. The maximum Gasteiger partial charge on any atom is 0.128 e. The van der Waals surface area contributed by atoms with Crippen molar-refractivity contribution in [2.75, 3.05) is 13.2 Å². The van der Waals surface area contributed by atoms with E-state index in [2.05, 4.69) is 38.1 Å². The zero-order valence-electron chi connectivity index (χ0n) is 13.8. The number of rotatable bonds is 6. The van der Waals surface area contributed by atoms with Crippen LogP contribution in [0.5, 0.6) is 11.5 Å². The molecule has 0 fully saturated rings. The van der Waals surface area contributed by atoms with Crippen LogP contribution in [-0.4, -0.2) is 24.6 Å². The fraction of sp³-hybridized carbons (Fsp3) is 0.316. The highest BCUT2D eigenvalue weighted by molar-refractivity contribution is 5.82. The third-order valence-corrected chi connectivity index (χ3v) is 3.45. The topological polar surface area (TPSA) is 51.0 Å². The van der Waals surface area contributed by atoms with Gasteiger partial charge in [-0.05, 0) is 35.2 Å². The predicted molar refractivity (Wildman–Crippen MR) is 92.0 cm³/mol. The van der Waals surface area contributed by atoms with Crippen LogP contribution in [-0.2, 0) is 5.41 Å². The molecule has 0 radical (unpaired) electrons. The second-order valence-electron chi connectivity index (χ2n) is 6.25. The van der Waals surface area contributed by atoms with Gasteiger partial charge in [0.2, 0.25) is 0 Å². The molecule has 0 heterocycles. The Labute approximate surface area is 137 Å². The van der Waals surface area contributed by atoms with Crippen molar-refractivity contribution in [3.05, 3.63) is 59.7 Å². The molecule has 0 amide bonds. The lowest BCUT2D eigenvalue weighted by atomic mass is 9.87. The van der Waals surface area contributed by atoms with Crippen LogP contribution in [0.2, 0.25) is 0 Å². The monoisotopic (exact) mass is 313 g/mol. The Morgan fingerprint density at radius 3 is 2.26 bits per heavy atom. The van der Waals surface area contributed by atoms with Gasteiger partial charge in [-0.2, -0.15) is 0 Å². The van der Waals surface area contributed by atoms with E-state index >= 15 is 0 Å². The predicted octanol–water partition coefficient (Wildman–Crippen LogP) is 4.25. The average Bonchev–Trinajstić information content (AvgIpc) is 2.53. The van der Waals surface area contributed by atoms with E-state index in [1.54, 1.807) is 0 Å². The third-order valence-electron chi connectivity index (χ3n) is 3.45. The summed E-state index contributed by atoms with van der Waals surface area (Å²) in [6.07, 6.45) is 1.35. The van der Waals surface area contributed by atoms with Crippen LogP contribution >= 0.6 is 0 Å². The van der Waals surface area contributed by atoms with Crippen molar-refractivity contribution in [2.45, 2.75) is 26.2 Å². The van der Waals surface area contributed by atoms with Crippen LogP contribution in [0, 0.1) is 0 Å². The summed E-state index contributed by atoms with van der Waals surface area (Å²) in [5, 5.41) is 11.7. The molecule has 0 aliphatic carbocycles. The minimum absolute atomic E-state index is 0.139. The lowest BCUT2D eigenvalue weighted by molar-refractivity contribution is 0.217. The normalized spacial score (nSPS) is 11.6. The first-order valence-electron chi connectivity index (χ1n) is 7.63. The van der Waals surface area contributed by atoms with E-state index in [4.69, 9.17) is 14.7 Å². The summed E-state index contributed by atoms with van der Waals surface area (Å²) >= 11 is 0. The molecule has 23 heavy (non-hydrogen) atoms. The molecule has 0 unspecified atom stereocenters. The van der Waals surface area contributed by atoms with Gasteiger partial charge in [0.25, 0.3) is 0 Å². The van der Waals surface area contributed by atoms with E-state index in [0.29, 0.717) is 19.0 Å². The van der Waals surface area contributed by atoms with Crippen molar-refractivity contribution >= 4 is 6.21 Å². The molecule has 0 aliphatic rings. The molecule has 0 aliphatic heterocycles. The fourth-order valence-electron chi connectivity index (χ4n) is 2.14. The van der Waals surface area contributed by atoms with Crippen molar-refractivity contribution in [1.29, 1.82) is 0 Å². The summed E-state index contributed by atoms with van der Waals surface area (Å²) in [7, 11) is 0. The molecule has 2 aromatic rings. The van der Waals surface area contributed by atoms with E-state index in [-0.39, 0.29) is 5.41 Å². The largest absolute Gasteiger partial charge is 0.490 e. The Morgan fingerprint density at radius 1 is 0.957 bits per heavy atom. The molecule has 4 heteroatoms. The molecule has 2 rings (SSSR count). The second-order valence-corrected chi connectivity index (χ2v) is 6.25. The zero-order valence-corrected chi connectivity index (χ0v) is 13.8. The van der Waals surface area contributed by atoms with Gasteiger partial charge in [0.1, 0.15) is 24.7 Å². The molecule has 0 aromatic heterocycles. The molecule has 0 saturated heterocycles. The zero-order chi connectivity index (χ0) is 16.7. The van der Waals surface area contributed by atoms with Crippen LogP contribution in [0.25, 0.3) is 0 Å². The van der Waals surface area contributed by atoms with Gasteiger partial charge >= 0.3 is 0 Å². The number of nitrogens with zero attached hydrogens (tertiary/aromatic N) is 1. The number of benzene rings is 2. The SMILES string of the molecule is CC(C)(C)c1ccc(OCCOc2ccccc2C=NO)cc1. The fourth-order valence-corrected chi connectivity index (χ4v) is 2.14. The molecule has 4 nitrogen and oxygen atoms in total. The van der Waals surface area contributed by atoms with Gasteiger partial charge < -0.3 is 14.7 Å². The summed E-state index contributed by atoms with van der Waals surface area (Å²) in [5.74, 6) is 1.49. The van der Waals surface area contributed by atoms with Crippen LogP contribution in [0.15, 0.2) is 53.7 Å². The summed E-state index contributed by atoms with van der Waals surface area (Å²) in [5.41, 5.74) is 2.14. The van der Waals surface area contributed by atoms with Crippen LogP contribution in [0.4, 0.5) is 0 Å². The second kappa shape index (κ2) is 7.68. The Bertz CT molecular complexity index is 642. The molecule has 0 saturated carbocycles. The summed E-state index contributed by atoms with van der Waals surface area (Å²) in [4.78, 5) is 0. The van der Waals surface area contributed by atoms with E-state index in [0.717, 1.165) is 11.3 Å². The van der Waals surface area contributed by atoms with Gasteiger partial charge in [-0.1, -0.05) is 50.2 Å². The number of oxime groups is 1. The van der Waals surface area contributed by atoms with Crippen molar-refractivity contribution in [3.63, 3.8) is 0 Å². The van der Waals surface area contributed by atoms with E-state index in [1.807, 2.05) is 36.4 Å². The highest BCUT2D eigenvalue weighted by Crippen LogP contribution is 2.24. The lowest BCUT2D eigenvalue weighted by Gasteiger charge is -2.19. The number of para-hydroxylation sites is 1. The molecule has 122 valence electrons. The highest BCUT2D eigenvalue weighted by Gasteiger charge is 2.12. The average molecular weight is 313 g/mol. The van der Waals surface area contributed by atoms with E-state index < -0.39 is 0 Å². The number of ether oxygens (including phenoxy) is 2. The molecular weight excluding hydrogens is 290 g/mol. The highest BCUT2D eigenvalue weighted by atomic mass is 16.5. The lowest BCUT2D eigenvalue weighted by Crippen LogP contribution is -2.12.